The number of nitrogens with one attached hydrogen (secondary N) is 1. The van der Waals surface area contributed by atoms with Crippen molar-refractivity contribution in [3.05, 3.63) is 44.8 Å². The molecule has 5 nitrogen and oxygen atoms in total. The molecule has 0 atom stereocenters. The van der Waals surface area contributed by atoms with E-state index in [2.05, 4.69) is 20.5 Å². The molecule has 1 aliphatic heterocycles. The Morgan fingerprint density at radius 1 is 1.13 bits per heavy atom. The van der Waals surface area contributed by atoms with Crippen molar-refractivity contribution in [3.8, 4) is 0 Å². The molecule has 5 fully saturated rings. The number of benzene rings is 1. The zero-order valence-corrected chi connectivity index (χ0v) is 18.7. The van der Waals surface area contributed by atoms with Gasteiger partial charge in [-0.05, 0) is 91.8 Å². The topological polar surface area (TPSA) is 67.2 Å². The molecule has 154 valence electrons. The molecule has 5 aliphatic rings. The summed E-state index contributed by atoms with van der Waals surface area (Å²) in [5.41, 5.74) is 1.12. The van der Waals surface area contributed by atoms with Gasteiger partial charge in [-0.15, -0.1) is 10.2 Å². The first kappa shape index (κ1) is 19.0. The SMILES string of the molecule is O=C1NC(=Nc2nnc(C34CC5CC(CC(C5)C3)C4)s2)S/C1=C/c1cccc(Cl)c1. The molecule has 2 heterocycles. The van der Waals surface area contributed by atoms with E-state index in [4.69, 9.17) is 11.6 Å². The summed E-state index contributed by atoms with van der Waals surface area (Å²) in [7, 11) is 0. The van der Waals surface area contributed by atoms with Gasteiger partial charge in [0.2, 0.25) is 5.13 Å². The number of halogens is 1. The van der Waals surface area contributed by atoms with Crippen LogP contribution < -0.4 is 5.32 Å². The van der Waals surface area contributed by atoms with Crippen molar-refractivity contribution >= 4 is 57.0 Å². The number of aliphatic imine (C=N–C) groups is 1. The fourth-order valence-electron chi connectivity index (χ4n) is 6.16. The third-order valence-corrected chi connectivity index (χ3v) is 9.11. The standard InChI is InChI=1S/C22H21ClN4OS2/c23-16-3-1-2-12(7-16)8-17-18(28)24-20(29-17)25-21-27-26-19(30-21)22-9-13-4-14(10-22)6-15(5-13)11-22/h1-3,7-8,13-15H,4-6,9-11H2,(H,24,25,27,28)/b17-8+. The summed E-state index contributed by atoms with van der Waals surface area (Å²) in [6, 6.07) is 7.44. The zero-order valence-electron chi connectivity index (χ0n) is 16.3. The van der Waals surface area contributed by atoms with Crippen molar-refractivity contribution in [2.24, 2.45) is 22.7 Å². The first-order valence-corrected chi connectivity index (χ1v) is 12.4. The quantitative estimate of drug-likeness (QED) is 0.614. The van der Waals surface area contributed by atoms with Crippen LogP contribution in [0.15, 0.2) is 34.2 Å². The lowest BCUT2D eigenvalue weighted by molar-refractivity contribution is -0.115. The van der Waals surface area contributed by atoms with Gasteiger partial charge in [-0.1, -0.05) is 35.1 Å². The number of amidine groups is 1. The van der Waals surface area contributed by atoms with Crippen LogP contribution in [0.1, 0.15) is 49.1 Å². The Balaban J connectivity index is 1.23. The number of amides is 1. The van der Waals surface area contributed by atoms with Gasteiger partial charge in [0.1, 0.15) is 5.01 Å². The average molecular weight is 457 g/mol. The van der Waals surface area contributed by atoms with Gasteiger partial charge in [-0.25, -0.2) is 0 Å². The van der Waals surface area contributed by atoms with E-state index in [0.29, 0.717) is 20.2 Å². The first-order valence-electron chi connectivity index (χ1n) is 10.4. The minimum Gasteiger partial charge on any atom is -0.300 e. The zero-order chi connectivity index (χ0) is 20.3. The highest BCUT2D eigenvalue weighted by Gasteiger charge is 2.53. The highest BCUT2D eigenvalue weighted by molar-refractivity contribution is 8.18. The van der Waals surface area contributed by atoms with Crippen LogP contribution in [-0.2, 0) is 10.2 Å². The highest BCUT2D eigenvalue weighted by Crippen LogP contribution is 2.61. The predicted molar refractivity (Wildman–Crippen MR) is 122 cm³/mol. The molecule has 1 N–H and O–H groups in total. The molecule has 7 rings (SSSR count). The maximum Gasteiger partial charge on any atom is 0.264 e. The smallest absolute Gasteiger partial charge is 0.264 e. The van der Waals surface area contributed by atoms with Crippen LogP contribution in [0, 0.1) is 17.8 Å². The number of aromatic nitrogens is 2. The Hall–Kier alpha value is -1.70. The van der Waals surface area contributed by atoms with Crippen LogP contribution in [-0.4, -0.2) is 21.3 Å². The van der Waals surface area contributed by atoms with Gasteiger partial charge in [-0.2, -0.15) is 4.99 Å². The van der Waals surface area contributed by atoms with Gasteiger partial charge >= 0.3 is 0 Å². The van der Waals surface area contributed by atoms with E-state index in [-0.39, 0.29) is 11.3 Å². The number of hydrogen-bond donors (Lipinski definition) is 1. The third-order valence-electron chi connectivity index (χ3n) is 6.90. The number of thioether (sulfide) groups is 1. The van der Waals surface area contributed by atoms with Crippen LogP contribution in [0.4, 0.5) is 5.13 Å². The molecule has 4 aliphatic carbocycles. The van der Waals surface area contributed by atoms with Crippen LogP contribution in [0.5, 0.6) is 0 Å². The fraction of sp³-hybridized carbons (Fsp3) is 0.455. The predicted octanol–water partition coefficient (Wildman–Crippen LogP) is 5.55. The Bertz CT molecular complexity index is 1060. The van der Waals surface area contributed by atoms with Gasteiger partial charge in [0.15, 0.2) is 5.17 Å². The Morgan fingerprint density at radius 3 is 2.57 bits per heavy atom. The van der Waals surface area contributed by atoms with E-state index in [9.17, 15) is 4.79 Å². The molecule has 1 saturated heterocycles. The minimum absolute atomic E-state index is 0.149. The van der Waals surface area contributed by atoms with Crippen molar-refractivity contribution in [2.75, 3.05) is 0 Å². The van der Waals surface area contributed by atoms with Gasteiger partial charge < -0.3 is 5.32 Å². The highest BCUT2D eigenvalue weighted by atomic mass is 35.5. The second kappa shape index (κ2) is 7.18. The molecule has 30 heavy (non-hydrogen) atoms. The van der Waals surface area contributed by atoms with Crippen LogP contribution in [0.25, 0.3) is 6.08 Å². The first-order chi connectivity index (χ1) is 14.5. The van der Waals surface area contributed by atoms with Crippen LogP contribution in [0.3, 0.4) is 0 Å². The van der Waals surface area contributed by atoms with Gasteiger partial charge in [0, 0.05) is 10.4 Å². The molecule has 8 heteroatoms. The summed E-state index contributed by atoms with van der Waals surface area (Å²) in [6.07, 6.45) is 9.87. The summed E-state index contributed by atoms with van der Waals surface area (Å²) in [4.78, 5) is 17.5. The van der Waals surface area contributed by atoms with E-state index in [1.54, 1.807) is 11.3 Å². The molecule has 1 amide bonds. The number of hydrogen-bond acceptors (Lipinski definition) is 6. The summed E-state index contributed by atoms with van der Waals surface area (Å²) < 4.78 is 0. The monoisotopic (exact) mass is 456 g/mol. The van der Waals surface area contributed by atoms with Gasteiger partial charge in [-0.3, -0.25) is 4.79 Å². The summed E-state index contributed by atoms with van der Waals surface area (Å²) in [5, 5.41) is 14.8. The largest absolute Gasteiger partial charge is 0.300 e. The van der Waals surface area contributed by atoms with Gasteiger partial charge in [0.25, 0.3) is 5.91 Å². The van der Waals surface area contributed by atoms with E-state index < -0.39 is 0 Å². The molecule has 1 aromatic carbocycles. The average Bonchev–Trinajstić information content (AvgIpc) is 3.28. The van der Waals surface area contributed by atoms with Crippen molar-refractivity contribution in [1.29, 1.82) is 0 Å². The summed E-state index contributed by atoms with van der Waals surface area (Å²) in [5.74, 6) is 2.47. The minimum atomic E-state index is -0.149. The molecule has 4 saturated carbocycles. The van der Waals surface area contributed by atoms with E-state index in [1.807, 2.05) is 30.3 Å². The number of rotatable bonds is 3. The summed E-state index contributed by atoms with van der Waals surface area (Å²) >= 11 is 8.98. The molecular formula is C22H21ClN4OS2. The maximum atomic E-state index is 12.4. The van der Waals surface area contributed by atoms with Crippen molar-refractivity contribution < 1.29 is 4.79 Å². The van der Waals surface area contributed by atoms with E-state index in [0.717, 1.165) is 28.3 Å². The molecular weight excluding hydrogens is 436 g/mol. The second-order valence-corrected chi connectivity index (χ2v) is 11.5. The lowest BCUT2D eigenvalue weighted by Crippen LogP contribution is -2.48. The number of carbonyl (C=O) groups is 1. The Kier molecular flexibility index (Phi) is 4.55. The maximum absolute atomic E-state index is 12.4. The normalized spacial score (nSPS) is 34.8. The number of carbonyl (C=O) groups excluding carboxylic acids is 1. The molecule has 0 spiro atoms. The lowest BCUT2D eigenvalue weighted by Gasteiger charge is -2.55. The Labute approximate surface area is 188 Å². The molecule has 1 aromatic heterocycles. The van der Waals surface area contributed by atoms with E-state index >= 15 is 0 Å². The van der Waals surface area contributed by atoms with Crippen molar-refractivity contribution in [3.63, 3.8) is 0 Å². The van der Waals surface area contributed by atoms with Crippen molar-refractivity contribution in [1.82, 2.24) is 15.5 Å². The van der Waals surface area contributed by atoms with Crippen LogP contribution in [0.2, 0.25) is 5.02 Å². The molecule has 0 unspecified atom stereocenters. The fourth-order valence-corrected chi connectivity index (χ4v) is 8.18. The van der Waals surface area contributed by atoms with Gasteiger partial charge in [0.05, 0.1) is 4.91 Å². The van der Waals surface area contributed by atoms with Crippen molar-refractivity contribution in [2.45, 2.75) is 43.9 Å². The summed E-state index contributed by atoms with van der Waals surface area (Å²) in [6.45, 7) is 0. The Morgan fingerprint density at radius 2 is 1.87 bits per heavy atom. The number of nitrogens with zero attached hydrogens (tertiary/aromatic N) is 3. The third kappa shape index (κ3) is 3.41. The van der Waals surface area contributed by atoms with Crippen LogP contribution >= 0.6 is 34.7 Å². The second-order valence-electron chi connectivity index (χ2n) is 9.12. The molecule has 4 bridgehead atoms. The lowest BCUT2D eigenvalue weighted by atomic mass is 9.50. The van der Waals surface area contributed by atoms with E-state index in [1.165, 1.54) is 50.3 Å². The molecule has 2 aromatic rings. The molecule has 0 radical (unpaired) electrons.